The van der Waals surface area contributed by atoms with Gasteiger partial charge in [-0.3, -0.25) is 19.5 Å². The molecule has 2 aliphatic heterocycles. The fraction of sp³-hybridized carbons (Fsp3) is 0.483. The lowest BCUT2D eigenvalue weighted by atomic mass is 9.79. The van der Waals surface area contributed by atoms with Crippen LogP contribution in [0, 0.1) is 0 Å². The number of hydrogen-bond donors (Lipinski definition) is 2. The second-order valence-electron chi connectivity index (χ2n) is 11.3. The molecular weight excluding hydrogens is 551 g/mol. The Morgan fingerprint density at radius 2 is 1.83 bits per heavy atom. The Balaban J connectivity index is 1.01. The van der Waals surface area contributed by atoms with Gasteiger partial charge in [0.2, 0.25) is 5.91 Å². The minimum atomic E-state index is -4.55. The second-order valence-corrected chi connectivity index (χ2v) is 11.3. The number of carbonyl (C=O) groups is 2. The van der Waals surface area contributed by atoms with E-state index in [1.54, 1.807) is 22.1 Å². The van der Waals surface area contributed by atoms with E-state index in [2.05, 4.69) is 25.3 Å². The average Bonchev–Trinajstić information content (AvgIpc) is 3.75. The summed E-state index contributed by atoms with van der Waals surface area (Å²) in [7, 11) is 0. The van der Waals surface area contributed by atoms with Crippen LogP contribution in [0.15, 0.2) is 55.2 Å². The molecule has 222 valence electrons. The zero-order chi connectivity index (χ0) is 29.5. The number of benzene rings is 1. The van der Waals surface area contributed by atoms with Crippen LogP contribution in [0.5, 0.6) is 0 Å². The van der Waals surface area contributed by atoms with Crippen molar-refractivity contribution in [1.29, 1.82) is 0 Å². The lowest BCUT2D eigenvalue weighted by molar-refractivity contribution is -0.137. The SMILES string of the molecule is O=C(NCC(=O)N1CCC2C1CCN2[C@H]1CC[C@](O)(c2ccc(-n3cncn3)cn2)CC1)c1cccc(C(F)(F)F)c1. The maximum atomic E-state index is 13.0. The van der Waals surface area contributed by atoms with Gasteiger partial charge in [-0.25, -0.2) is 9.67 Å². The van der Waals surface area contributed by atoms with Crippen molar-refractivity contribution in [2.45, 2.75) is 68.4 Å². The number of carbonyl (C=O) groups excluding carboxylic acids is 2. The van der Waals surface area contributed by atoms with Crippen LogP contribution >= 0.6 is 0 Å². The van der Waals surface area contributed by atoms with Gasteiger partial charge in [0.1, 0.15) is 18.3 Å². The highest BCUT2D eigenvalue weighted by atomic mass is 19.4. The molecular formula is C29H32F3N7O3. The third kappa shape index (κ3) is 5.50. The first kappa shape index (κ1) is 28.3. The molecule has 0 bridgehead atoms. The first-order valence-corrected chi connectivity index (χ1v) is 14.2. The number of amides is 2. The second kappa shape index (κ2) is 11.1. The van der Waals surface area contributed by atoms with E-state index in [0.717, 1.165) is 50.0 Å². The van der Waals surface area contributed by atoms with E-state index in [-0.39, 0.29) is 30.1 Å². The number of hydrogen-bond acceptors (Lipinski definition) is 7. The molecule has 2 atom stereocenters. The number of nitrogens with one attached hydrogen (secondary N) is 1. The zero-order valence-electron chi connectivity index (χ0n) is 22.9. The molecule has 3 aliphatic rings. The topological polar surface area (TPSA) is 116 Å². The van der Waals surface area contributed by atoms with Gasteiger partial charge in [-0.05, 0) is 68.9 Å². The molecule has 3 fully saturated rings. The fourth-order valence-corrected chi connectivity index (χ4v) is 6.79. The summed E-state index contributed by atoms with van der Waals surface area (Å²) in [5, 5.41) is 18.0. The number of aliphatic hydroxyl groups is 1. The van der Waals surface area contributed by atoms with Gasteiger partial charge in [0.05, 0.1) is 29.7 Å². The van der Waals surface area contributed by atoms with Crippen molar-refractivity contribution in [2.75, 3.05) is 19.6 Å². The third-order valence-electron chi connectivity index (χ3n) is 8.95. The van der Waals surface area contributed by atoms with Crippen LogP contribution in [0.1, 0.15) is 60.1 Å². The van der Waals surface area contributed by atoms with Gasteiger partial charge in [-0.2, -0.15) is 18.3 Å². The van der Waals surface area contributed by atoms with Crippen molar-refractivity contribution in [3.63, 3.8) is 0 Å². The molecule has 2 saturated heterocycles. The standard InChI is InChI=1S/C29H32F3N7O3/c30-29(31,32)20-3-1-2-19(14-20)27(41)35-16-26(40)38-13-9-23-24(38)8-12-37(23)21-6-10-28(42,11-7-21)25-5-4-22(15-34-25)39-18-33-17-36-39/h1-5,14-15,17-18,21,23-24,42H,6-13,16H2,(H,35,41)/t21-,23?,24?,28+. The number of fused-ring (bicyclic) bond motifs is 1. The summed E-state index contributed by atoms with van der Waals surface area (Å²) < 4.78 is 40.6. The molecule has 2 amide bonds. The molecule has 42 heavy (non-hydrogen) atoms. The van der Waals surface area contributed by atoms with E-state index < -0.39 is 23.2 Å². The lowest BCUT2D eigenvalue weighted by Crippen LogP contribution is -2.47. The zero-order valence-corrected chi connectivity index (χ0v) is 22.9. The van der Waals surface area contributed by atoms with Gasteiger partial charge < -0.3 is 15.3 Å². The lowest BCUT2D eigenvalue weighted by Gasteiger charge is -2.41. The van der Waals surface area contributed by atoms with Crippen LogP contribution in [-0.2, 0) is 16.6 Å². The summed E-state index contributed by atoms with van der Waals surface area (Å²) in [5.41, 5.74) is -0.622. The van der Waals surface area contributed by atoms with E-state index in [1.807, 2.05) is 12.1 Å². The van der Waals surface area contributed by atoms with Crippen LogP contribution in [0.2, 0.25) is 0 Å². The Labute approximate surface area is 240 Å². The predicted molar refractivity (Wildman–Crippen MR) is 144 cm³/mol. The predicted octanol–water partition coefficient (Wildman–Crippen LogP) is 2.92. The number of likely N-dealkylation sites (tertiary alicyclic amines) is 2. The van der Waals surface area contributed by atoms with E-state index in [0.29, 0.717) is 31.1 Å². The molecule has 2 unspecified atom stereocenters. The van der Waals surface area contributed by atoms with Crippen molar-refractivity contribution in [2.24, 2.45) is 0 Å². The maximum absolute atomic E-state index is 13.0. The molecule has 2 N–H and O–H groups in total. The van der Waals surface area contributed by atoms with E-state index in [9.17, 15) is 27.9 Å². The molecule has 1 saturated carbocycles. The highest BCUT2D eigenvalue weighted by molar-refractivity contribution is 5.96. The quantitative estimate of drug-likeness (QED) is 0.459. The Morgan fingerprint density at radius 1 is 1.05 bits per heavy atom. The van der Waals surface area contributed by atoms with Crippen LogP contribution in [0.25, 0.3) is 5.69 Å². The molecule has 10 nitrogen and oxygen atoms in total. The smallest absolute Gasteiger partial charge is 0.384 e. The summed E-state index contributed by atoms with van der Waals surface area (Å²) in [4.78, 5) is 38.2. The molecule has 2 aromatic heterocycles. The highest BCUT2D eigenvalue weighted by Gasteiger charge is 2.48. The summed E-state index contributed by atoms with van der Waals surface area (Å²) in [6.45, 7) is 1.16. The van der Waals surface area contributed by atoms with Gasteiger partial charge in [0.25, 0.3) is 5.91 Å². The van der Waals surface area contributed by atoms with Crippen LogP contribution < -0.4 is 5.32 Å². The molecule has 13 heteroatoms. The Kier molecular flexibility index (Phi) is 7.48. The van der Waals surface area contributed by atoms with Gasteiger partial charge in [-0.15, -0.1) is 0 Å². The monoisotopic (exact) mass is 583 g/mol. The fourth-order valence-electron chi connectivity index (χ4n) is 6.79. The van der Waals surface area contributed by atoms with E-state index >= 15 is 0 Å². The van der Waals surface area contributed by atoms with Crippen LogP contribution in [0.4, 0.5) is 13.2 Å². The van der Waals surface area contributed by atoms with Crippen molar-refractivity contribution < 1.29 is 27.9 Å². The summed E-state index contributed by atoms with van der Waals surface area (Å²) in [5.74, 6) is -0.946. The van der Waals surface area contributed by atoms with Crippen molar-refractivity contribution in [3.05, 3.63) is 72.1 Å². The first-order chi connectivity index (χ1) is 20.1. The molecule has 1 aromatic carbocycles. The van der Waals surface area contributed by atoms with Gasteiger partial charge in [0.15, 0.2) is 0 Å². The maximum Gasteiger partial charge on any atom is 0.416 e. The number of aromatic nitrogens is 4. The van der Waals surface area contributed by atoms with Crippen molar-refractivity contribution in [1.82, 2.24) is 34.9 Å². The molecule has 6 rings (SSSR count). The Morgan fingerprint density at radius 3 is 2.52 bits per heavy atom. The van der Waals surface area contributed by atoms with Gasteiger partial charge in [0, 0.05) is 36.8 Å². The molecule has 0 radical (unpaired) electrons. The number of rotatable bonds is 6. The minimum Gasteiger partial charge on any atom is -0.384 e. The van der Waals surface area contributed by atoms with Crippen molar-refractivity contribution >= 4 is 11.8 Å². The van der Waals surface area contributed by atoms with Gasteiger partial charge >= 0.3 is 6.18 Å². The number of pyridine rings is 1. The van der Waals surface area contributed by atoms with Gasteiger partial charge in [-0.1, -0.05) is 6.07 Å². The number of alkyl halides is 3. The number of halogens is 3. The number of nitrogens with zero attached hydrogens (tertiary/aromatic N) is 6. The summed E-state index contributed by atoms with van der Waals surface area (Å²) in [6.07, 6.45) is 4.63. The normalized spacial score (nSPS) is 26.3. The van der Waals surface area contributed by atoms with Crippen LogP contribution in [-0.4, -0.2) is 84.2 Å². The Hall–Kier alpha value is -3.84. The van der Waals surface area contributed by atoms with E-state index in [1.165, 1.54) is 18.5 Å². The molecule has 0 spiro atoms. The summed E-state index contributed by atoms with van der Waals surface area (Å²) >= 11 is 0. The minimum absolute atomic E-state index is 0.0368. The van der Waals surface area contributed by atoms with Crippen LogP contribution in [0.3, 0.4) is 0 Å². The first-order valence-electron chi connectivity index (χ1n) is 14.2. The average molecular weight is 584 g/mol. The molecule has 4 heterocycles. The van der Waals surface area contributed by atoms with E-state index in [4.69, 9.17) is 0 Å². The summed E-state index contributed by atoms with van der Waals surface area (Å²) in [6, 6.07) is 8.43. The highest BCUT2D eigenvalue weighted by Crippen LogP contribution is 2.42. The van der Waals surface area contributed by atoms with Crippen molar-refractivity contribution in [3.8, 4) is 5.69 Å². The third-order valence-corrected chi connectivity index (χ3v) is 8.95. The molecule has 3 aromatic rings. The molecule has 1 aliphatic carbocycles. The Bertz CT molecular complexity index is 1420. The largest absolute Gasteiger partial charge is 0.416 e.